The molecular weight excluding hydrogens is 222 g/mol. The first-order valence-electron chi connectivity index (χ1n) is 7.86. The molecule has 3 nitrogen and oxygen atoms in total. The lowest BCUT2D eigenvalue weighted by Crippen LogP contribution is -2.53. The summed E-state index contributed by atoms with van der Waals surface area (Å²) in [5, 5.41) is 3.84. The Morgan fingerprint density at radius 3 is 2.72 bits per heavy atom. The number of likely N-dealkylation sites (tertiary alicyclic amines) is 1. The molecule has 0 radical (unpaired) electrons. The van der Waals surface area contributed by atoms with Crippen LogP contribution in [0.15, 0.2) is 0 Å². The van der Waals surface area contributed by atoms with Crippen LogP contribution in [0.5, 0.6) is 0 Å². The van der Waals surface area contributed by atoms with Crippen molar-refractivity contribution in [1.29, 1.82) is 0 Å². The van der Waals surface area contributed by atoms with Gasteiger partial charge in [-0.3, -0.25) is 0 Å². The summed E-state index contributed by atoms with van der Waals surface area (Å²) in [5.41, 5.74) is 6.31. The predicted octanol–water partition coefficient (Wildman–Crippen LogP) is 1.83. The van der Waals surface area contributed by atoms with Gasteiger partial charge in [-0.25, -0.2) is 0 Å². The fourth-order valence-corrected chi connectivity index (χ4v) is 3.23. The van der Waals surface area contributed by atoms with Crippen molar-refractivity contribution in [2.24, 2.45) is 17.6 Å². The molecule has 2 rings (SSSR count). The van der Waals surface area contributed by atoms with Crippen molar-refractivity contribution in [3.05, 3.63) is 0 Å². The third kappa shape index (κ3) is 3.69. The molecule has 1 heterocycles. The maximum atomic E-state index is 6.09. The first-order chi connectivity index (χ1) is 8.69. The van der Waals surface area contributed by atoms with Crippen molar-refractivity contribution in [1.82, 2.24) is 10.2 Å². The van der Waals surface area contributed by atoms with Gasteiger partial charge in [-0.05, 0) is 70.1 Å². The molecule has 0 amide bonds. The normalized spacial score (nSPS) is 32.2. The highest BCUT2D eigenvalue weighted by Gasteiger charge is 2.33. The third-order valence-corrected chi connectivity index (χ3v) is 5.10. The van der Waals surface area contributed by atoms with Crippen LogP contribution < -0.4 is 11.1 Å². The number of nitrogens with zero attached hydrogens (tertiary/aromatic N) is 1. The second kappa shape index (κ2) is 6.36. The topological polar surface area (TPSA) is 41.3 Å². The average Bonchev–Trinajstić information content (AvgIpc) is 3.23. The minimum Gasteiger partial charge on any atom is -0.329 e. The van der Waals surface area contributed by atoms with E-state index in [0.717, 1.165) is 24.9 Å². The second-order valence-electron chi connectivity index (χ2n) is 6.47. The summed E-state index contributed by atoms with van der Waals surface area (Å²) in [7, 11) is 0. The molecular formula is C15H31N3. The summed E-state index contributed by atoms with van der Waals surface area (Å²) in [6, 6.07) is 0. The highest BCUT2D eigenvalue weighted by atomic mass is 15.1. The maximum absolute atomic E-state index is 6.09. The molecule has 3 heteroatoms. The van der Waals surface area contributed by atoms with Crippen molar-refractivity contribution >= 4 is 0 Å². The van der Waals surface area contributed by atoms with Gasteiger partial charge in [-0.1, -0.05) is 13.8 Å². The summed E-state index contributed by atoms with van der Waals surface area (Å²) < 4.78 is 0. The Morgan fingerprint density at radius 1 is 1.33 bits per heavy atom. The zero-order valence-electron chi connectivity index (χ0n) is 12.3. The average molecular weight is 253 g/mol. The van der Waals surface area contributed by atoms with Gasteiger partial charge in [0.15, 0.2) is 0 Å². The smallest absolute Gasteiger partial charge is 0.0316 e. The minimum atomic E-state index is 0.215. The number of hydrogen-bond donors (Lipinski definition) is 2. The fourth-order valence-electron chi connectivity index (χ4n) is 3.23. The van der Waals surface area contributed by atoms with Crippen molar-refractivity contribution in [3.8, 4) is 0 Å². The van der Waals surface area contributed by atoms with Gasteiger partial charge in [0.25, 0.3) is 0 Å². The predicted molar refractivity (Wildman–Crippen MR) is 77.6 cm³/mol. The van der Waals surface area contributed by atoms with E-state index in [-0.39, 0.29) is 5.54 Å². The number of nitrogens with two attached hydrogens (primary N) is 1. The second-order valence-corrected chi connectivity index (χ2v) is 6.47. The van der Waals surface area contributed by atoms with Crippen molar-refractivity contribution < 1.29 is 0 Å². The Balaban J connectivity index is 1.84. The maximum Gasteiger partial charge on any atom is 0.0316 e. The lowest BCUT2D eigenvalue weighted by molar-refractivity contribution is 0.254. The van der Waals surface area contributed by atoms with E-state index in [9.17, 15) is 0 Å². The van der Waals surface area contributed by atoms with Crippen LogP contribution in [-0.2, 0) is 0 Å². The van der Waals surface area contributed by atoms with E-state index in [0.29, 0.717) is 0 Å². The molecule has 106 valence electrons. The first-order valence-corrected chi connectivity index (χ1v) is 7.86. The van der Waals surface area contributed by atoms with Crippen LogP contribution >= 0.6 is 0 Å². The highest BCUT2D eigenvalue weighted by molar-refractivity contribution is 4.93. The van der Waals surface area contributed by atoms with E-state index >= 15 is 0 Å². The van der Waals surface area contributed by atoms with Gasteiger partial charge in [-0.2, -0.15) is 0 Å². The van der Waals surface area contributed by atoms with E-state index in [1.54, 1.807) is 0 Å². The summed E-state index contributed by atoms with van der Waals surface area (Å²) in [6.07, 6.45) is 6.64. The molecule has 0 aromatic carbocycles. The van der Waals surface area contributed by atoms with E-state index in [2.05, 4.69) is 24.1 Å². The zero-order valence-corrected chi connectivity index (χ0v) is 12.3. The van der Waals surface area contributed by atoms with Crippen LogP contribution in [0.25, 0.3) is 0 Å². The Morgan fingerprint density at radius 2 is 2.11 bits per heavy atom. The van der Waals surface area contributed by atoms with Crippen molar-refractivity contribution in [3.63, 3.8) is 0 Å². The molecule has 2 unspecified atom stereocenters. The summed E-state index contributed by atoms with van der Waals surface area (Å²) in [5.74, 6) is 1.82. The van der Waals surface area contributed by atoms with Gasteiger partial charge in [0.2, 0.25) is 0 Å². The van der Waals surface area contributed by atoms with E-state index < -0.39 is 0 Å². The standard InChI is InChI=1S/C15H31N3/c1-3-18-9-4-7-15(12-16,8-10-18)17-11-13(2)14-5-6-14/h13-14,17H,3-12,16H2,1-2H3. The molecule has 0 bridgehead atoms. The Hall–Kier alpha value is -0.120. The lowest BCUT2D eigenvalue weighted by atomic mass is 9.89. The van der Waals surface area contributed by atoms with Crippen LogP contribution in [-0.4, -0.2) is 43.2 Å². The molecule has 2 atom stereocenters. The van der Waals surface area contributed by atoms with Crippen molar-refractivity contribution in [2.75, 3.05) is 32.7 Å². The van der Waals surface area contributed by atoms with Crippen molar-refractivity contribution in [2.45, 2.75) is 51.5 Å². The summed E-state index contributed by atoms with van der Waals surface area (Å²) >= 11 is 0. The van der Waals surface area contributed by atoms with E-state index in [4.69, 9.17) is 5.73 Å². The molecule has 0 spiro atoms. The lowest BCUT2D eigenvalue weighted by Gasteiger charge is -2.34. The Bertz CT molecular complexity index is 252. The molecule has 0 aromatic rings. The molecule has 2 aliphatic rings. The highest BCUT2D eigenvalue weighted by Crippen LogP contribution is 2.36. The Labute approximate surface area is 112 Å². The van der Waals surface area contributed by atoms with Gasteiger partial charge >= 0.3 is 0 Å². The number of rotatable bonds is 6. The van der Waals surface area contributed by atoms with E-state index in [1.165, 1.54) is 51.7 Å². The largest absolute Gasteiger partial charge is 0.329 e. The fraction of sp³-hybridized carbons (Fsp3) is 1.00. The molecule has 1 saturated heterocycles. The zero-order chi connectivity index (χ0) is 13.0. The number of nitrogens with one attached hydrogen (secondary N) is 1. The molecule has 1 aliphatic heterocycles. The van der Waals surface area contributed by atoms with Crippen LogP contribution in [0.1, 0.15) is 46.0 Å². The van der Waals surface area contributed by atoms with Crippen LogP contribution in [0.2, 0.25) is 0 Å². The molecule has 1 saturated carbocycles. The molecule has 1 aliphatic carbocycles. The van der Waals surface area contributed by atoms with Crippen LogP contribution in [0, 0.1) is 11.8 Å². The number of hydrogen-bond acceptors (Lipinski definition) is 3. The monoisotopic (exact) mass is 253 g/mol. The van der Waals surface area contributed by atoms with Gasteiger partial charge in [0.05, 0.1) is 0 Å². The molecule has 3 N–H and O–H groups in total. The SMILES string of the molecule is CCN1CCCC(CN)(NCC(C)C2CC2)CC1. The quantitative estimate of drug-likeness (QED) is 0.759. The molecule has 2 fully saturated rings. The third-order valence-electron chi connectivity index (χ3n) is 5.10. The van der Waals surface area contributed by atoms with Gasteiger partial charge < -0.3 is 16.0 Å². The van der Waals surface area contributed by atoms with E-state index in [1.807, 2.05) is 0 Å². The van der Waals surface area contributed by atoms with Gasteiger partial charge in [0.1, 0.15) is 0 Å². The van der Waals surface area contributed by atoms with Crippen LogP contribution in [0.3, 0.4) is 0 Å². The summed E-state index contributed by atoms with van der Waals surface area (Å²) in [4.78, 5) is 2.56. The summed E-state index contributed by atoms with van der Waals surface area (Å²) in [6.45, 7) is 10.2. The Kier molecular flexibility index (Phi) is 5.05. The minimum absolute atomic E-state index is 0.215. The first kappa shape index (κ1) is 14.3. The molecule has 18 heavy (non-hydrogen) atoms. The van der Waals surface area contributed by atoms with Gasteiger partial charge in [0, 0.05) is 12.1 Å². The molecule has 0 aromatic heterocycles. The van der Waals surface area contributed by atoms with Crippen LogP contribution in [0.4, 0.5) is 0 Å². The van der Waals surface area contributed by atoms with Gasteiger partial charge in [-0.15, -0.1) is 0 Å².